The number of benzene rings is 2. The van der Waals surface area contributed by atoms with Crippen LogP contribution in [-0.2, 0) is 24.2 Å². The highest BCUT2D eigenvalue weighted by atomic mass is 16.6. The van der Waals surface area contributed by atoms with Crippen LogP contribution in [0.5, 0.6) is 0 Å². The molecule has 0 aliphatic carbocycles. The standard InChI is InChI=1S/C20H19N3O3/c24-20-23(10-11-25-20)17-6-3-4-14-12-22(9-8-15(14)17)13-19-21-16-5-1-2-7-18(16)26-19/h1-7H,8-13H2. The first-order valence-corrected chi connectivity index (χ1v) is 8.90. The van der Waals surface area contributed by atoms with Crippen LogP contribution in [-0.4, -0.2) is 35.7 Å². The van der Waals surface area contributed by atoms with Gasteiger partial charge in [0.15, 0.2) is 5.58 Å². The summed E-state index contributed by atoms with van der Waals surface area (Å²) in [5, 5.41) is 0. The Balaban J connectivity index is 1.37. The minimum Gasteiger partial charge on any atom is -0.447 e. The maximum Gasteiger partial charge on any atom is 0.414 e. The fourth-order valence-corrected chi connectivity index (χ4v) is 3.83. The molecule has 3 aromatic rings. The predicted molar refractivity (Wildman–Crippen MR) is 97.0 cm³/mol. The molecule has 0 radical (unpaired) electrons. The number of amides is 1. The number of hydrogen-bond acceptors (Lipinski definition) is 5. The Morgan fingerprint density at radius 2 is 2.00 bits per heavy atom. The smallest absolute Gasteiger partial charge is 0.414 e. The maximum absolute atomic E-state index is 11.9. The summed E-state index contributed by atoms with van der Waals surface area (Å²) in [4.78, 5) is 20.6. The fraction of sp³-hybridized carbons (Fsp3) is 0.300. The third kappa shape index (κ3) is 2.63. The van der Waals surface area contributed by atoms with Gasteiger partial charge in [-0.15, -0.1) is 0 Å². The summed E-state index contributed by atoms with van der Waals surface area (Å²) in [6, 6.07) is 14.0. The van der Waals surface area contributed by atoms with Crippen molar-refractivity contribution in [2.75, 3.05) is 24.6 Å². The van der Waals surface area contributed by atoms with E-state index < -0.39 is 0 Å². The summed E-state index contributed by atoms with van der Waals surface area (Å²) in [5.41, 5.74) is 5.22. The number of para-hydroxylation sites is 2. The summed E-state index contributed by atoms with van der Waals surface area (Å²) in [6.07, 6.45) is 0.655. The number of rotatable bonds is 3. The molecule has 132 valence electrons. The third-order valence-corrected chi connectivity index (χ3v) is 5.07. The normalized spacial score (nSPS) is 17.5. The van der Waals surface area contributed by atoms with Crippen LogP contribution in [0.25, 0.3) is 11.1 Å². The van der Waals surface area contributed by atoms with Gasteiger partial charge >= 0.3 is 6.09 Å². The van der Waals surface area contributed by atoms with Crippen LogP contribution >= 0.6 is 0 Å². The van der Waals surface area contributed by atoms with E-state index in [1.807, 2.05) is 36.4 Å². The highest BCUT2D eigenvalue weighted by molar-refractivity contribution is 5.90. The number of cyclic esters (lactones) is 1. The molecule has 0 N–H and O–H groups in total. The third-order valence-electron chi connectivity index (χ3n) is 5.07. The van der Waals surface area contributed by atoms with Gasteiger partial charge in [-0.1, -0.05) is 24.3 Å². The molecule has 0 spiro atoms. The molecule has 2 aromatic carbocycles. The van der Waals surface area contributed by atoms with Gasteiger partial charge in [0.25, 0.3) is 0 Å². The van der Waals surface area contributed by atoms with Crippen LogP contribution in [0.15, 0.2) is 46.9 Å². The Kier molecular flexibility index (Phi) is 3.64. The van der Waals surface area contributed by atoms with E-state index in [0.717, 1.165) is 42.2 Å². The van der Waals surface area contributed by atoms with Crippen LogP contribution in [0.1, 0.15) is 17.0 Å². The SMILES string of the molecule is O=C1OCCN1c1cccc2c1CCN(Cc1nc3ccccc3o1)C2. The van der Waals surface area contributed by atoms with E-state index in [4.69, 9.17) is 9.15 Å². The van der Waals surface area contributed by atoms with Crippen molar-refractivity contribution in [1.29, 1.82) is 0 Å². The highest BCUT2D eigenvalue weighted by Gasteiger charge is 2.28. The van der Waals surface area contributed by atoms with Crippen LogP contribution in [0, 0.1) is 0 Å². The van der Waals surface area contributed by atoms with Gasteiger partial charge in [-0.2, -0.15) is 0 Å². The lowest BCUT2D eigenvalue weighted by Gasteiger charge is -2.30. The van der Waals surface area contributed by atoms with Crippen LogP contribution in [0.4, 0.5) is 10.5 Å². The molecule has 1 aromatic heterocycles. The summed E-state index contributed by atoms with van der Waals surface area (Å²) in [7, 11) is 0. The lowest BCUT2D eigenvalue weighted by molar-refractivity contribution is 0.181. The number of fused-ring (bicyclic) bond motifs is 2. The lowest BCUT2D eigenvalue weighted by atomic mass is 9.97. The molecule has 1 amide bonds. The molecule has 1 fully saturated rings. The second kappa shape index (κ2) is 6.14. The number of anilines is 1. The van der Waals surface area contributed by atoms with Gasteiger partial charge in [-0.05, 0) is 35.7 Å². The number of nitrogens with zero attached hydrogens (tertiary/aromatic N) is 3. The average Bonchev–Trinajstić information content (AvgIpc) is 3.26. The molecule has 2 aliphatic heterocycles. The Labute approximate surface area is 151 Å². The van der Waals surface area contributed by atoms with E-state index in [1.54, 1.807) is 4.90 Å². The predicted octanol–water partition coefficient (Wildman–Crippen LogP) is 3.34. The number of carbonyl (C=O) groups is 1. The Morgan fingerprint density at radius 1 is 1.08 bits per heavy atom. The number of carbonyl (C=O) groups excluding carboxylic acids is 1. The summed E-state index contributed by atoms with van der Waals surface area (Å²) in [5.74, 6) is 0.744. The van der Waals surface area contributed by atoms with Crippen LogP contribution in [0.3, 0.4) is 0 Å². The molecule has 0 atom stereocenters. The summed E-state index contributed by atoms with van der Waals surface area (Å²) in [6.45, 7) is 3.51. The minimum absolute atomic E-state index is 0.243. The van der Waals surface area contributed by atoms with Crippen molar-refractivity contribution >= 4 is 22.9 Å². The van der Waals surface area contributed by atoms with E-state index in [9.17, 15) is 4.79 Å². The zero-order chi connectivity index (χ0) is 17.5. The van der Waals surface area contributed by atoms with Gasteiger partial charge in [-0.25, -0.2) is 9.78 Å². The zero-order valence-corrected chi connectivity index (χ0v) is 14.4. The van der Waals surface area contributed by atoms with Crippen molar-refractivity contribution < 1.29 is 13.9 Å². The fourth-order valence-electron chi connectivity index (χ4n) is 3.83. The number of oxazole rings is 1. The first kappa shape index (κ1) is 15.4. The molecule has 6 nitrogen and oxygen atoms in total. The Hall–Kier alpha value is -2.86. The summed E-state index contributed by atoms with van der Waals surface area (Å²) >= 11 is 0. The number of ether oxygens (including phenoxy) is 1. The molecular weight excluding hydrogens is 330 g/mol. The molecule has 0 unspecified atom stereocenters. The van der Waals surface area contributed by atoms with Crippen molar-refractivity contribution in [3.05, 3.63) is 59.5 Å². The second-order valence-electron chi connectivity index (χ2n) is 6.72. The number of aromatic nitrogens is 1. The van der Waals surface area contributed by atoms with Crippen molar-refractivity contribution in [3.8, 4) is 0 Å². The quantitative estimate of drug-likeness (QED) is 0.726. The lowest BCUT2D eigenvalue weighted by Crippen LogP contribution is -2.32. The zero-order valence-electron chi connectivity index (χ0n) is 14.4. The first-order chi connectivity index (χ1) is 12.8. The van der Waals surface area contributed by atoms with E-state index >= 15 is 0 Å². The van der Waals surface area contributed by atoms with Gasteiger partial charge in [0.2, 0.25) is 5.89 Å². The van der Waals surface area contributed by atoms with Crippen molar-refractivity contribution in [2.45, 2.75) is 19.5 Å². The number of hydrogen-bond donors (Lipinski definition) is 0. The maximum atomic E-state index is 11.9. The Bertz CT molecular complexity index is 948. The minimum atomic E-state index is -0.243. The van der Waals surface area contributed by atoms with Gasteiger partial charge < -0.3 is 9.15 Å². The second-order valence-corrected chi connectivity index (χ2v) is 6.72. The monoisotopic (exact) mass is 349 g/mol. The summed E-state index contributed by atoms with van der Waals surface area (Å²) < 4.78 is 11.0. The van der Waals surface area contributed by atoms with Crippen LogP contribution in [0.2, 0.25) is 0 Å². The van der Waals surface area contributed by atoms with Crippen molar-refractivity contribution in [1.82, 2.24) is 9.88 Å². The molecule has 6 heteroatoms. The average molecular weight is 349 g/mol. The molecule has 26 heavy (non-hydrogen) atoms. The van der Waals surface area contributed by atoms with Gasteiger partial charge in [0, 0.05) is 13.1 Å². The molecule has 1 saturated heterocycles. The van der Waals surface area contributed by atoms with Crippen molar-refractivity contribution in [2.24, 2.45) is 0 Å². The topological polar surface area (TPSA) is 58.8 Å². The van der Waals surface area contributed by atoms with Crippen molar-refractivity contribution in [3.63, 3.8) is 0 Å². The largest absolute Gasteiger partial charge is 0.447 e. The highest BCUT2D eigenvalue weighted by Crippen LogP contribution is 2.31. The van der Waals surface area contributed by atoms with Gasteiger partial charge in [0.1, 0.15) is 12.1 Å². The molecule has 0 saturated carbocycles. The molecule has 0 bridgehead atoms. The van der Waals surface area contributed by atoms with E-state index in [2.05, 4.69) is 16.0 Å². The molecule has 2 aliphatic rings. The Morgan fingerprint density at radius 3 is 2.85 bits per heavy atom. The first-order valence-electron chi connectivity index (χ1n) is 8.90. The molecular formula is C20H19N3O3. The van der Waals surface area contributed by atoms with E-state index in [1.165, 1.54) is 11.1 Å². The molecule has 5 rings (SSSR count). The van der Waals surface area contributed by atoms with Crippen LogP contribution < -0.4 is 4.90 Å². The van der Waals surface area contributed by atoms with E-state index in [-0.39, 0.29) is 6.09 Å². The molecule has 3 heterocycles. The van der Waals surface area contributed by atoms with Gasteiger partial charge in [0.05, 0.1) is 18.8 Å². The van der Waals surface area contributed by atoms with E-state index in [0.29, 0.717) is 19.7 Å². The van der Waals surface area contributed by atoms with Gasteiger partial charge in [-0.3, -0.25) is 9.80 Å².